The molecule has 0 aliphatic carbocycles. The minimum atomic E-state index is -4.50. The summed E-state index contributed by atoms with van der Waals surface area (Å²) in [6.07, 6.45) is -4.50. The number of benzene rings is 1. The summed E-state index contributed by atoms with van der Waals surface area (Å²) in [6, 6.07) is 8.39. The van der Waals surface area contributed by atoms with Crippen LogP contribution in [0.2, 0.25) is 0 Å². The Morgan fingerprint density at radius 1 is 1.37 bits per heavy atom. The van der Waals surface area contributed by atoms with Crippen molar-refractivity contribution in [2.24, 2.45) is 5.92 Å². The van der Waals surface area contributed by atoms with Crippen LogP contribution in [-0.2, 0) is 6.54 Å². The van der Waals surface area contributed by atoms with E-state index in [1.807, 2.05) is 0 Å². The van der Waals surface area contributed by atoms with Gasteiger partial charge in [0, 0.05) is 18.7 Å². The third-order valence-corrected chi connectivity index (χ3v) is 2.68. The molecule has 1 aromatic carbocycles. The molecule has 0 radical (unpaired) electrons. The van der Waals surface area contributed by atoms with Crippen LogP contribution >= 0.6 is 0 Å². The van der Waals surface area contributed by atoms with E-state index in [0.717, 1.165) is 5.56 Å². The summed E-state index contributed by atoms with van der Waals surface area (Å²) in [6.45, 7) is -0.0731. The van der Waals surface area contributed by atoms with E-state index in [9.17, 15) is 13.2 Å². The molecule has 0 aliphatic heterocycles. The molecule has 0 heterocycles. The van der Waals surface area contributed by atoms with E-state index < -0.39 is 12.1 Å². The van der Waals surface area contributed by atoms with Crippen molar-refractivity contribution in [3.63, 3.8) is 0 Å². The summed E-state index contributed by atoms with van der Waals surface area (Å²) < 4.78 is 42.6. The van der Waals surface area contributed by atoms with E-state index in [0.29, 0.717) is 5.75 Å². The molecule has 0 aliphatic rings. The summed E-state index contributed by atoms with van der Waals surface area (Å²) in [4.78, 5) is 1.46. The van der Waals surface area contributed by atoms with Crippen LogP contribution in [0.1, 0.15) is 5.56 Å². The standard InChI is InChI=1S/C13H15F3N2O/c1-18(9-11(7-17)13(14,15)16)8-10-5-3-4-6-12(10)19-2/h3-6,11H,8-9H2,1-2H3. The fraction of sp³-hybridized carbons (Fsp3) is 0.462. The zero-order chi connectivity index (χ0) is 14.5. The van der Waals surface area contributed by atoms with Crippen molar-refractivity contribution in [2.75, 3.05) is 20.7 Å². The highest BCUT2D eigenvalue weighted by Gasteiger charge is 2.40. The Morgan fingerprint density at radius 2 is 2.00 bits per heavy atom. The van der Waals surface area contributed by atoms with Gasteiger partial charge in [-0.15, -0.1) is 0 Å². The highest BCUT2D eigenvalue weighted by atomic mass is 19.4. The molecule has 0 spiro atoms. The number of hydrogen-bond acceptors (Lipinski definition) is 3. The molecule has 0 N–H and O–H groups in total. The Labute approximate surface area is 110 Å². The molecule has 6 heteroatoms. The zero-order valence-electron chi connectivity index (χ0n) is 10.7. The molecule has 1 atom stereocenters. The molecule has 0 saturated carbocycles. The minimum absolute atomic E-state index is 0.290. The molecule has 0 amide bonds. The van der Waals surface area contributed by atoms with Crippen molar-refractivity contribution < 1.29 is 17.9 Å². The van der Waals surface area contributed by atoms with Gasteiger partial charge in [-0.2, -0.15) is 18.4 Å². The van der Waals surface area contributed by atoms with Gasteiger partial charge in [0.05, 0.1) is 13.2 Å². The highest BCUT2D eigenvalue weighted by molar-refractivity contribution is 5.33. The first-order chi connectivity index (χ1) is 8.88. The number of alkyl halides is 3. The van der Waals surface area contributed by atoms with Crippen LogP contribution in [0.4, 0.5) is 13.2 Å². The molecule has 0 fully saturated rings. The van der Waals surface area contributed by atoms with Crippen LogP contribution in [0, 0.1) is 17.2 Å². The van der Waals surface area contributed by atoms with Crippen molar-refractivity contribution in [2.45, 2.75) is 12.7 Å². The van der Waals surface area contributed by atoms with Crippen LogP contribution in [0.15, 0.2) is 24.3 Å². The van der Waals surface area contributed by atoms with E-state index >= 15 is 0 Å². The first-order valence-corrected chi connectivity index (χ1v) is 5.65. The number of hydrogen-bond donors (Lipinski definition) is 0. The molecular weight excluding hydrogens is 257 g/mol. The molecule has 1 aromatic rings. The smallest absolute Gasteiger partial charge is 0.405 e. The summed E-state index contributed by atoms with van der Waals surface area (Å²) in [5.41, 5.74) is 0.784. The Balaban J connectivity index is 2.70. The van der Waals surface area contributed by atoms with E-state index in [-0.39, 0.29) is 13.1 Å². The molecule has 19 heavy (non-hydrogen) atoms. The summed E-state index contributed by atoms with van der Waals surface area (Å²) in [5, 5.41) is 8.56. The Morgan fingerprint density at radius 3 is 2.53 bits per heavy atom. The third-order valence-electron chi connectivity index (χ3n) is 2.68. The van der Waals surface area contributed by atoms with Gasteiger partial charge in [-0.25, -0.2) is 0 Å². The van der Waals surface area contributed by atoms with E-state index in [4.69, 9.17) is 10.00 Å². The second-order valence-corrected chi connectivity index (χ2v) is 4.23. The summed E-state index contributed by atoms with van der Waals surface area (Å²) in [5.74, 6) is -1.36. The molecule has 0 bridgehead atoms. The van der Waals surface area contributed by atoms with Gasteiger partial charge in [0.25, 0.3) is 0 Å². The largest absolute Gasteiger partial charge is 0.496 e. The highest BCUT2D eigenvalue weighted by Crippen LogP contribution is 2.27. The van der Waals surface area contributed by atoms with Gasteiger partial charge in [-0.1, -0.05) is 18.2 Å². The quantitative estimate of drug-likeness (QED) is 0.827. The van der Waals surface area contributed by atoms with Gasteiger partial charge in [-0.3, -0.25) is 0 Å². The fourth-order valence-corrected chi connectivity index (χ4v) is 1.72. The normalized spacial score (nSPS) is 13.1. The van der Waals surface area contributed by atoms with Crippen molar-refractivity contribution in [1.82, 2.24) is 4.90 Å². The Hall–Kier alpha value is -1.74. The zero-order valence-corrected chi connectivity index (χ0v) is 10.7. The van der Waals surface area contributed by atoms with Gasteiger partial charge in [0.15, 0.2) is 5.92 Å². The van der Waals surface area contributed by atoms with Crippen LogP contribution in [-0.4, -0.2) is 31.8 Å². The third kappa shape index (κ3) is 4.45. The topological polar surface area (TPSA) is 36.3 Å². The van der Waals surface area contributed by atoms with Gasteiger partial charge in [0.2, 0.25) is 0 Å². The molecule has 104 valence electrons. The van der Waals surface area contributed by atoms with Gasteiger partial charge < -0.3 is 9.64 Å². The first kappa shape index (κ1) is 15.3. The number of methoxy groups -OCH3 is 1. The predicted molar refractivity (Wildman–Crippen MR) is 64.5 cm³/mol. The Bertz CT molecular complexity index is 454. The predicted octanol–water partition coefficient (Wildman–Crippen LogP) is 2.83. The molecule has 1 rings (SSSR count). The van der Waals surface area contributed by atoms with Gasteiger partial charge in [0.1, 0.15) is 5.75 Å². The van der Waals surface area contributed by atoms with E-state index in [1.165, 1.54) is 18.1 Å². The number of halogens is 3. The number of rotatable bonds is 5. The molecule has 1 unspecified atom stereocenters. The number of ether oxygens (including phenoxy) is 1. The monoisotopic (exact) mass is 272 g/mol. The van der Waals surface area contributed by atoms with Crippen LogP contribution in [0.5, 0.6) is 5.75 Å². The minimum Gasteiger partial charge on any atom is -0.496 e. The molecular formula is C13H15F3N2O. The molecule has 0 aromatic heterocycles. The average Bonchev–Trinajstić information content (AvgIpc) is 2.35. The van der Waals surface area contributed by atoms with Crippen molar-refractivity contribution >= 4 is 0 Å². The first-order valence-electron chi connectivity index (χ1n) is 5.65. The maximum Gasteiger partial charge on any atom is 0.405 e. The maximum absolute atomic E-state index is 12.5. The number of para-hydroxylation sites is 1. The summed E-state index contributed by atoms with van der Waals surface area (Å²) >= 11 is 0. The maximum atomic E-state index is 12.5. The lowest BCUT2D eigenvalue weighted by atomic mass is 10.1. The summed E-state index contributed by atoms with van der Waals surface area (Å²) in [7, 11) is 3.05. The van der Waals surface area contributed by atoms with Crippen LogP contribution in [0.3, 0.4) is 0 Å². The van der Waals surface area contributed by atoms with Crippen molar-refractivity contribution in [3.8, 4) is 11.8 Å². The van der Waals surface area contributed by atoms with Gasteiger partial charge >= 0.3 is 6.18 Å². The fourth-order valence-electron chi connectivity index (χ4n) is 1.72. The Kier molecular flexibility index (Phi) is 5.19. The second kappa shape index (κ2) is 6.43. The van der Waals surface area contributed by atoms with Crippen LogP contribution < -0.4 is 4.74 Å². The van der Waals surface area contributed by atoms with Crippen molar-refractivity contribution in [3.05, 3.63) is 29.8 Å². The second-order valence-electron chi connectivity index (χ2n) is 4.23. The molecule has 0 saturated heterocycles. The molecule has 3 nitrogen and oxygen atoms in total. The van der Waals surface area contributed by atoms with Gasteiger partial charge in [-0.05, 0) is 13.1 Å². The van der Waals surface area contributed by atoms with E-state index in [1.54, 1.807) is 31.3 Å². The number of nitrogens with zero attached hydrogens (tertiary/aromatic N) is 2. The number of nitriles is 1. The SMILES string of the molecule is COc1ccccc1CN(C)CC(C#N)C(F)(F)F. The average molecular weight is 272 g/mol. The van der Waals surface area contributed by atoms with Crippen LogP contribution in [0.25, 0.3) is 0 Å². The lowest BCUT2D eigenvalue weighted by Crippen LogP contribution is -2.33. The lowest BCUT2D eigenvalue weighted by Gasteiger charge is -2.22. The van der Waals surface area contributed by atoms with E-state index in [2.05, 4.69) is 0 Å². The lowest BCUT2D eigenvalue weighted by molar-refractivity contribution is -0.162. The van der Waals surface area contributed by atoms with Crippen molar-refractivity contribution in [1.29, 1.82) is 5.26 Å².